The minimum atomic E-state index is -0.298. The van der Waals surface area contributed by atoms with Crippen LogP contribution in [-0.4, -0.2) is 28.2 Å². The zero-order valence-corrected chi connectivity index (χ0v) is 15.5. The molecule has 0 aliphatic heterocycles. The summed E-state index contributed by atoms with van der Waals surface area (Å²) >= 11 is 1.24. The summed E-state index contributed by atoms with van der Waals surface area (Å²) in [5.41, 5.74) is 2.17. The predicted molar refractivity (Wildman–Crippen MR) is 104 cm³/mol. The van der Waals surface area contributed by atoms with Crippen LogP contribution in [0.4, 0.5) is 10.1 Å². The van der Waals surface area contributed by atoms with Crippen LogP contribution < -0.4 is 10.1 Å². The zero-order valence-electron chi connectivity index (χ0n) is 14.7. The van der Waals surface area contributed by atoms with Crippen molar-refractivity contribution < 1.29 is 13.9 Å². The highest BCUT2D eigenvalue weighted by atomic mass is 32.2. The first-order valence-electron chi connectivity index (χ1n) is 8.38. The standard InChI is InChI=1S/C20H18FN3O2S/c1-2-26-17-9-7-16(8-10-17)23-19(25)13-27-20-22-12-11-18(24-20)14-3-5-15(21)6-4-14/h3-12H,2,13H2,1H3,(H,23,25). The zero-order chi connectivity index (χ0) is 19.1. The topological polar surface area (TPSA) is 64.1 Å². The number of carbonyl (C=O) groups is 1. The van der Waals surface area contributed by atoms with Gasteiger partial charge in [0.2, 0.25) is 5.91 Å². The Kier molecular flexibility index (Phi) is 6.38. The van der Waals surface area contributed by atoms with Crippen molar-refractivity contribution in [3.8, 4) is 17.0 Å². The molecule has 2 aromatic carbocycles. The Labute approximate surface area is 161 Å². The number of ether oxygens (including phenoxy) is 1. The van der Waals surface area contributed by atoms with E-state index in [-0.39, 0.29) is 17.5 Å². The molecule has 5 nitrogen and oxygen atoms in total. The van der Waals surface area contributed by atoms with E-state index in [4.69, 9.17) is 4.74 Å². The van der Waals surface area contributed by atoms with Crippen molar-refractivity contribution in [3.05, 3.63) is 66.6 Å². The van der Waals surface area contributed by atoms with Crippen LogP contribution in [0.3, 0.4) is 0 Å². The van der Waals surface area contributed by atoms with Crippen LogP contribution in [0.1, 0.15) is 6.92 Å². The molecule has 0 aliphatic rings. The molecule has 0 saturated heterocycles. The number of amides is 1. The largest absolute Gasteiger partial charge is 0.494 e. The molecule has 7 heteroatoms. The third-order valence-electron chi connectivity index (χ3n) is 3.55. The van der Waals surface area contributed by atoms with Gasteiger partial charge < -0.3 is 10.1 Å². The molecule has 27 heavy (non-hydrogen) atoms. The van der Waals surface area contributed by atoms with Crippen LogP contribution in [0.25, 0.3) is 11.3 Å². The number of hydrogen-bond donors (Lipinski definition) is 1. The summed E-state index contributed by atoms with van der Waals surface area (Å²) in [5, 5.41) is 3.31. The highest BCUT2D eigenvalue weighted by Gasteiger charge is 2.08. The maximum Gasteiger partial charge on any atom is 0.234 e. The molecule has 3 aromatic rings. The molecule has 0 bridgehead atoms. The van der Waals surface area contributed by atoms with E-state index in [2.05, 4.69) is 15.3 Å². The van der Waals surface area contributed by atoms with Crippen LogP contribution in [0.2, 0.25) is 0 Å². The third-order valence-corrected chi connectivity index (χ3v) is 4.42. The minimum absolute atomic E-state index is 0.153. The first kappa shape index (κ1) is 18.8. The van der Waals surface area contributed by atoms with Crippen LogP contribution in [0.15, 0.2) is 66.0 Å². The summed E-state index contributed by atoms with van der Waals surface area (Å²) in [7, 11) is 0. The molecule has 0 fully saturated rings. The van der Waals surface area contributed by atoms with E-state index in [0.29, 0.717) is 23.1 Å². The monoisotopic (exact) mass is 383 g/mol. The fourth-order valence-electron chi connectivity index (χ4n) is 2.32. The number of benzene rings is 2. The number of thioether (sulfide) groups is 1. The molecule has 0 radical (unpaired) electrons. The number of rotatable bonds is 7. The summed E-state index contributed by atoms with van der Waals surface area (Å²) in [6, 6.07) is 15.0. The van der Waals surface area contributed by atoms with Gasteiger partial charge in [-0.2, -0.15) is 0 Å². The first-order valence-corrected chi connectivity index (χ1v) is 9.37. The smallest absolute Gasteiger partial charge is 0.234 e. The summed E-state index contributed by atoms with van der Waals surface area (Å²) in [4.78, 5) is 20.7. The van der Waals surface area contributed by atoms with Crippen LogP contribution >= 0.6 is 11.8 Å². The fraction of sp³-hybridized carbons (Fsp3) is 0.150. The number of aromatic nitrogens is 2. The van der Waals surface area contributed by atoms with Gasteiger partial charge in [-0.3, -0.25) is 4.79 Å². The van der Waals surface area contributed by atoms with Crippen molar-refractivity contribution in [3.63, 3.8) is 0 Å². The van der Waals surface area contributed by atoms with Crippen molar-refractivity contribution >= 4 is 23.4 Å². The SMILES string of the molecule is CCOc1ccc(NC(=O)CSc2nccc(-c3ccc(F)cc3)n2)cc1. The first-order chi connectivity index (χ1) is 13.1. The minimum Gasteiger partial charge on any atom is -0.494 e. The average molecular weight is 383 g/mol. The highest BCUT2D eigenvalue weighted by molar-refractivity contribution is 7.99. The van der Waals surface area contributed by atoms with Crippen molar-refractivity contribution in [2.24, 2.45) is 0 Å². The second kappa shape index (κ2) is 9.14. The van der Waals surface area contributed by atoms with Gasteiger partial charge in [0.1, 0.15) is 11.6 Å². The lowest BCUT2D eigenvalue weighted by Gasteiger charge is -2.07. The van der Waals surface area contributed by atoms with E-state index in [0.717, 1.165) is 11.3 Å². The van der Waals surface area contributed by atoms with Crippen molar-refractivity contribution in [2.45, 2.75) is 12.1 Å². The molecule has 1 amide bonds. The predicted octanol–water partition coefficient (Wildman–Crippen LogP) is 4.41. The van der Waals surface area contributed by atoms with Gasteiger partial charge in [-0.1, -0.05) is 11.8 Å². The Balaban J connectivity index is 1.57. The summed E-state index contributed by atoms with van der Waals surface area (Å²) < 4.78 is 18.4. The lowest BCUT2D eigenvalue weighted by atomic mass is 10.1. The Morgan fingerprint density at radius 1 is 1.11 bits per heavy atom. The number of nitrogens with zero attached hydrogens (tertiary/aromatic N) is 2. The summed E-state index contributed by atoms with van der Waals surface area (Å²) in [6.07, 6.45) is 1.62. The van der Waals surface area contributed by atoms with E-state index < -0.39 is 0 Å². The van der Waals surface area contributed by atoms with E-state index in [1.807, 2.05) is 19.1 Å². The van der Waals surface area contributed by atoms with Crippen molar-refractivity contribution in [2.75, 3.05) is 17.7 Å². The third kappa shape index (κ3) is 5.52. The molecular weight excluding hydrogens is 365 g/mol. The number of halogens is 1. The van der Waals surface area contributed by atoms with Crippen LogP contribution in [0.5, 0.6) is 5.75 Å². The normalized spacial score (nSPS) is 10.4. The Morgan fingerprint density at radius 3 is 2.56 bits per heavy atom. The Morgan fingerprint density at radius 2 is 1.85 bits per heavy atom. The number of anilines is 1. The maximum absolute atomic E-state index is 13.0. The fourth-order valence-corrected chi connectivity index (χ4v) is 2.95. The second-order valence-electron chi connectivity index (χ2n) is 5.53. The molecule has 3 rings (SSSR count). The lowest BCUT2D eigenvalue weighted by molar-refractivity contribution is -0.113. The van der Waals surface area contributed by atoms with Crippen LogP contribution in [0, 0.1) is 5.82 Å². The van der Waals surface area contributed by atoms with Gasteiger partial charge >= 0.3 is 0 Å². The molecule has 1 aromatic heterocycles. The van der Waals surface area contributed by atoms with Gasteiger partial charge in [0.25, 0.3) is 0 Å². The van der Waals surface area contributed by atoms with Gasteiger partial charge in [0, 0.05) is 17.4 Å². The molecule has 0 aliphatic carbocycles. The average Bonchev–Trinajstić information content (AvgIpc) is 2.69. The van der Waals surface area contributed by atoms with Gasteiger partial charge in [-0.05, 0) is 61.5 Å². The molecule has 0 spiro atoms. The summed E-state index contributed by atoms with van der Waals surface area (Å²) in [6.45, 7) is 2.51. The van der Waals surface area contributed by atoms with Gasteiger partial charge in [0.15, 0.2) is 5.16 Å². The molecule has 1 N–H and O–H groups in total. The Hall–Kier alpha value is -2.93. The Bertz CT molecular complexity index is 902. The molecular formula is C20H18FN3O2S. The van der Waals surface area contributed by atoms with E-state index >= 15 is 0 Å². The number of hydrogen-bond acceptors (Lipinski definition) is 5. The van der Waals surface area contributed by atoms with Crippen molar-refractivity contribution in [1.82, 2.24) is 9.97 Å². The van der Waals surface area contributed by atoms with E-state index in [1.165, 1.54) is 23.9 Å². The van der Waals surface area contributed by atoms with Gasteiger partial charge in [0.05, 0.1) is 18.1 Å². The van der Waals surface area contributed by atoms with Crippen molar-refractivity contribution in [1.29, 1.82) is 0 Å². The number of nitrogens with one attached hydrogen (secondary N) is 1. The molecule has 0 atom stereocenters. The van der Waals surface area contributed by atoms with Crippen LogP contribution in [-0.2, 0) is 4.79 Å². The molecule has 0 unspecified atom stereocenters. The van der Waals surface area contributed by atoms with E-state index in [1.54, 1.807) is 36.5 Å². The quantitative estimate of drug-likeness (QED) is 0.484. The molecule has 138 valence electrons. The second-order valence-corrected chi connectivity index (χ2v) is 6.47. The molecule has 0 saturated carbocycles. The van der Waals surface area contributed by atoms with Gasteiger partial charge in [-0.25, -0.2) is 14.4 Å². The van der Waals surface area contributed by atoms with E-state index in [9.17, 15) is 9.18 Å². The molecule has 1 heterocycles. The highest BCUT2D eigenvalue weighted by Crippen LogP contribution is 2.21. The maximum atomic E-state index is 13.0. The van der Waals surface area contributed by atoms with Gasteiger partial charge in [-0.15, -0.1) is 0 Å². The number of carbonyl (C=O) groups excluding carboxylic acids is 1. The lowest BCUT2D eigenvalue weighted by Crippen LogP contribution is -2.14. The summed E-state index contributed by atoms with van der Waals surface area (Å²) in [5.74, 6) is 0.490.